The zero-order chi connectivity index (χ0) is 30.1. The smallest absolute Gasteiger partial charge is 0.365 e. The summed E-state index contributed by atoms with van der Waals surface area (Å²) < 4.78 is 57.7. The number of fused-ring (bicyclic) bond motifs is 2. The largest absolute Gasteiger partial charge is 0.427 e. The van der Waals surface area contributed by atoms with Crippen LogP contribution in [0.1, 0.15) is 63.6 Å². The second kappa shape index (κ2) is 10.0. The van der Waals surface area contributed by atoms with Crippen LogP contribution in [0.4, 0.5) is 17.6 Å². The van der Waals surface area contributed by atoms with Crippen LogP contribution in [0.15, 0.2) is 61.2 Å². The van der Waals surface area contributed by atoms with E-state index in [-0.39, 0.29) is 29.3 Å². The van der Waals surface area contributed by atoms with E-state index in [1.807, 2.05) is 19.3 Å². The summed E-state index contributed by atoms with van der Waals surface area (Å²) in [4.78, 5) is 19.8. The third kappa shape index (κ3) is 4.81. The molecule has 0 N–H and O–H groups in total. The molecule has 7 rings (SSSR count). The average molecular weight is 609 g/mol. The second-order valence-electron chi connectivity index (χ2n) is 11.6. The maximum Gasteiger partial charge on any atom is 0.427 e. The van der Waals surface area contributed by atoms with E-state index in [2.05, 4.69) is 26.7 Å². The lowest BCUT2D eigenvalue weighted by atomic mass is 9.60. The molecule has 7 nitrogen and oxygen atoms in total. The highest BCUT2D eigenvalue weighted by Crippen LogP contribution is 2.53. The molecule has 0 saturated heterocycles. The van der Waals surface area contributed by atoms with Crippen LogP contribution in [-0.4, -0.2) is 47.3 Å². The normalized spacial score (nSPS) is 21.6. The molecule has 1 aromatic carbocycles. The van der Waals surface area contributed by atoms with E-state index >= 15 is 0 Å². The van der Waals surface area contributed by atoms with Gasteiger partial charge in [-0.15, -0.1) is 11.3 Å². The number of nitrogens with zero attached hydrogens (tertiary/aromatic N) is 6. The molecular formula is C31H28F4N6OS. The number of ketones is 1. The molecular weight excluding hydrogens is 580 g/mol. The first kappa shape index (κ1) is 27.8. The lowest BCUT2D eigenvalue weighted by Gasteiger charge is -2.48. The second-order valence-corrected chi connectivity index (χ2v) is 12.6. The van der Waals surface area contributed by atoms with Crippen LogP contribution in [0.5, 0.6) is 0 Å². The lowest BCUT2D eigenvalue weighted by molar-refractivity contribution is -0.134. The third-order valence-corrected chi connectivity index (χ3v) is 9.84. The summed E-state index contributed by atoms with van der Waals surface area (Å²) in [7, 11) is 1.85. The number of carbonyl (C=O) groups excluding carboxylic acids is 1. The van der Waals surface area contributed by atoms with Gasteiger partial charge in [-0.05, 0) is 74.4 Å². The van der Waals surface area contributed by atoms with Gasteiger partial charge < -0.3 is 4.90 Å². The van der Waals surface area contributed by atoms with Crippen molar-refractivity contribution in [3.05, 3.63) is 93.7 Å². The molecule has 2 atom stereocenters. The summed E-state index contributed by atoms with van der Waals surface area (Å²) in [6, 6.07) is 6.22. The van der Waals surface area contributed by atoms with Crippen molar-refractivity contribution in [2.24, 2.45) is 12.5 Å². The van der Waals surface area contributed by atoms with Gasteiger partial charge in [0.25, 0.3) is 0 Å². The molecule has 0 unspecified atom stereocenters. The summed E-state index contributed by atoms with van der Waals surface area (Å²) in [5, 5.41) is 8.73. The van der Waals surface area contributed by atoms with Crippen molar-refractivity contribution < 1.29 is 22.4 Å². The predicted molar refractivity (Wildman–Crippen MR) is 154 cm³/mol. The predicted octanol–water partition coefficient (Wildman–Crippen LogP) is 6.72. The zero-order valence-corrected chi connectivity index (χ0v) is 24.1. The Morgan fingerprint density at radius 3 is 2.51 bits per heavy atom. The van der Waals surface area contributed by atoms with Gasteiger partial charge in [0, 0.05) is 36.6 Å². The summed E-state index contributed by atoms with van der Waals surface area (Å²) >= 11 is 0.400. The summed E-state index contributed by atoms with van der Waals surface area (Å²) in [5.41, 5.74) is 3.78. The van der Waals surface area contributed by atoms with Gasteiger partial charge in [-0.1, -0.05) is 12.2 Å². The number of halogens is 4. The molecule has 12 heteroatoms. The van der Waals surface area contributed by atoms with E-state index in [9.17, 15) is 22.4 Å². The maximum atomic E-state index is 14.4. The molecule has 2 saturated carbocycles. The molecule has 222 valence electrons. The number of carbonyl (C=O) groups is 1. The first-order chi connectivity index (χ1) is 20.5. The highest BCUT2D eigenvalue weighted by atomic mass is 32.1. The van der Waals surface area contributed by atoms with E-state index in [1.165, 1.54) is 12.1 Å². The number of alkyl halides is 3. The van der Waals surface area contributed by atoms with Gasteiger partial charge in [-0.2, -0.15) is 23.4 Å². The van der Waals surface area contributed by atoms with E-state index < -0.39 is 22.3 Å². The zero-order valence-electron chi connectivity index (χ0n) is 23.3. The molecule has 3 aromatic heterocycles. The van der Waals surface area contributed by atoms with Crippen LogP contribution in [0, 0.1) is 11.2 Å². The Morgan fingerprint density at radius 2 is 1.86 bits per heavy atom. The average Bonchev–Trinajstić information content (AvgIpc) is 3.33. The van der Waals surface area contributed by atoms with Gasteiger partial charge >= 0.3 is 6.18 Å². The first-order valence-corrected chi connectivity index (χ1v) is 14.9. The Morgan fingerprint density at radius 1 is 1.09 bits per heavy atom. The van der Waals surface area contributed by atoms with Gasteiger partial charge in [-0.25, -0.2) is 14.1 Å². The summed E-state index contributed by atoms with van der Waals surface area (Å²) in [6.07, 6.45) is 7.55. The minimum absolute atomic E-state index is 0.0583. The topological polar surface area (TPSA) is 68.8 Å². The number of allylic oxidation sites excluding steroid dienone is 1. The molecule has 4 aromatic rings. The van der Waals surface area contributed by atoms with Gasteiger partial charge in [0.2, 0.25) is 5.78 Å². The van der Waals surface area contributed by atoms with Crippen molar-refractivity contribution in [2.75, 3.05) is 0 Å². The Bertz CT molecular complexity index is 1760. The molecule has 3 aliphatic carbocycles. The van der Waals surface area contributed by atoms with Crippen molar-refractivity contribution in [1.82, 2.24) is 29.4 Å². The highest BCUT2D eigenvalue weighted by molar-refractivity contribution is 7.13. The van der Waals surface area contributed by atoms with Crippen LogP contribution < -0.4 is 0 Å². The van der Waals surface area contributed by atoms with E-state index in [0.717, 1.165) is 53.6 Å². The Hall–Kier alpha value is -4.06. The first-order valence-electron chi connectivity index (χ1n) is 14.1. The van der Waals surface area contributed by atoms with Gasteiger partial charge in [0.05, 0.1) is 35.4 Å². The molecule has 0 aliphatic heterocycles. The minimum Gasteiger partial charge on any atom is -0.365 e. The van der Waals surface area contributed by atoms with Crippen molar-refractivity contribution in [3.63, 3.8) is 0 Å². The van der Waals surface area contributed by atoms with Gasteiger partial charge in [0.1, 0.15) is 10.7 Å². The van der Waals surface area contributed by atoms with Crippen molar-refractivity contribution in [2.45, 2.75) is 56.8 Å². The molecule has 0 radical (unpaired) electrons. The van der Waals surface area contributed by atoms with Crippen LogP contribution in [-0.2, 0) is 19.6 Å². The minimum atomic E-state index is -4.58. The molecule has 3 aliphatic rings. The Kier molecular flexibility index (Phi) is 6.46. The standard InChI is InChI=1S/C31H28F4N6OS/c1-18(20-15-37-39(2)17-20)40(23-9-10-23)25-6-3-21-11-26-19(14-38-41(26)24-7-4-22(32)5-8-24)12-30(21,13-25)28(42)29-36-16-27(43-29)31(33,34)35/h4-5,7-8,11,14-17,23,25H,1,3,6,9-10,12-13H2,2H3/t25-,30-/m0/s1. The fraction of sp³-hybridized carbons (Fsp3) is 0.355. The third-order valence-electron chi connectivity index (χ3n) is 8.80. The number of aromatic nitrogens is 5. The molecule has 3 heterocycles. The van der Waals surface area contributed by atoms with Crippen LogP contribution in [0.2, 0.25) is 0 Å². The molecule has 0 bridgehead atoms. The summed E-state index contributed by atoms with van der Waals surface area (Å²) in [5.74, 6) is -0.757. The molecule has 2 fully saturated rings. The van der Waals surface area contributed by atoms with Crippen LogP contribution >= 0.6 is 11.3 Å². The quantitative estimate of drug-likeness (QED) is 0.172. The summed E-state index contributed by atoms with van der Waals surface area (Å²) in [6.45, 7) is 4.41. The van der Waals surface area contributed by atoms with Crippen molar-refractivity contribution >= 4 is 28.9 Å². The number of aryl methyl sites for hydroxylation is 1. The molecule has 43 heavy (non-hydrogen) atoms. The number of rotatable bonds is 7. The van der Waals surface area contributed by atoms with E-state index in [4.69, 9.17) is 0 Å². The fourth-order valence-electron chi connectivity index (χ4n) is 6.63. The fourth-order valence-corrected chi connectivity index (χ4v) is 7.46. The monoisotopic (exact) mass is 608 g/mol. The SMILES string of the molecule is C=C(c1cnn(C)c1)N(C1CC1)[C@H]1CCC2=Cc3c(cnn3-c3ccc(F)cc3)C[C@]2(C(=O)c2ncc(C(F)(F)F)s2)C1. The highest BCUT2D eigenvalue weighted by Gasteiger charge is 2.52. The van der Waals surface area contributed by atoms with Crippen LogP contribution in [0.25, 0.3) is 17.5 Å². The number of Topliss-reactive ketones (excluding diaryl/α,β-unsaturated/α-hetero) is 1. The Balaban J connectivity index is 1.30. The van der Waals surface area contributed by atoms with Crippen molar-refractivity contribution in [3.8, 4) is 5.69 Å². The number of thiazole rings is 1. The van der Waals surface area contributed by atoms with Gasteiger partial charge in [0.15, 0.2) is 5.01 Å². The van der Waals surface area contributed by atoms with E-state index in [0.29, 0.717) is 29.9 Å². The van der Waals surface area contributed by atoms with Crippen LogP contribution in [0.3, 0.4) is 0 Å². The van der Waals surface area contributed by atoms with Crippen molar-refractivity contribution in [1.29, 1.82) is 0 Å². The molecule has 0 spiro atoms. The maximum absolute atomic E-state index is 14.4. The number of hydrogen-bond acceptors (Lipinski definition) is 6. The number of benzene rings is 1. The van der Waals surface area contributed by atoms with Gasteiger partial charge in [-0.3, -0.25) is 9.48 Å². The molecule has 0 amide bonds. The number of hydrogen-bond donors (Lipinski definition) is 0. The van der Waals surface area contributed by atoms with E-state index in [1.54, 1.807) is 33.9 Å². The Labute approximate surface area is 249 Å². The lowest BCUT2D eigenvalue weighted by Crippen LogP contribution is -2.49.